The second-order valence-electron chi connectivity index (χ2n) is 5.18. The number of sulfonamides is 1. The molecule has 0 saturated carbocycles. The van der Waals surface area contributed by atoms with Gasteiger partial charge in [-0.05, 0) is 31.8 Å². The van der Waals surface area contributed by atoms with Crippen LogP contribution in [0.3, 0.4) is 0 Å². The smallest absolute Gasteiger partial charge is 0.211 e. The van der Waals surface area contributed by atoms with E-state index in [9.17, 15) is 8.42 Å². The summed E-state index contributed by atoms with van der Waals surface area (Å²) in [6.45, 7) is 6.44. The monoisotopic (exact) mass is 297 g/mol. The van der Waals surface area contributed by atoms with Crippen molar-refractivity contribution in [1.82, 2.24) is 14.5 Å². The van der Waals surface area contributed by atoms with E-state index in [1.165, 1.54) is 19.1 Å². The molecule has 5 nitrogen and oxygen atoms in total. The Morgan fingerprint density at radius 3 is 2.39 bits per heavy atom. The Morgan fingerprint density at radius 2 is 1.89 bits per heavy atom. The summed E-state index contributed by atoms with van der Waals surface area (Å²) in [6, 6.07) is 0. The van der Waals surface area contributed by atoms with Gasteiger partial charge in [0.15, 0.2) is 0 Å². The first-order valence-electron chi connectivity index (χ1n) is 6.44. The highest BCUT2D eigenvalue weighted by Crippen LogP contribution is 2.14. The van der Waals surface area contributed by atoms with Crippen molar-refractivity contribution in [3.63, 3.8) is 0 Å². The van der Waals surface area contributed by atoms with Crippen LogP contribution in [0, 0.1) is 5.92 Å². The van der Waals surface area contributed by atoms with Gasteiger partial charge in [-0.2, -0.15) is 4.31 Å². The van der Waals surface area contributed by atoms with Crippen LogP contribution in [0.4, 0.5) is 0 Å². The second-order valence-corrected chi connectivity index (χ2v) is 7.16. The fourth-order valence-electron chi connectivity index (χ4n) is 2.69. The molecule has 2 fully saturated rings. The lowest BCUT2D eigenvalue weighted by Crippen LogP contribution is -2.50. The standard InChI is InChI=1S/C11H23N3O2S.ClH/c1-17(15,16)14-7-5-13(6-8-14)10-11-3-2-4-12-9-11;/h11-12H,2-10H2,1H3;1H. The highest BCUT2D eigenvalue weighted by molar-refractivity contribution is 7.88. The predicted molar refractivity (Wildman–Crippen MR) is 75.7 cm³/mol. The quantitative estimate of drug-likeness (QED) is 0.796. The molecule has 7 heteroatoms. The van der Waals surface area contributed by atoms with Crippen LogP contribution in [-0.2, 0) is 10.0 Å². The molecule has 2 aliphatic rings. The molecule has 1 unspecified atom stereocenters. The number of nitrogens with one attached hydrogen (secondary N) is 1. The number of hydrogen-bond acceptors (Lipinski definition) is 4. The Balaban J connectivity index is 0.00000162. The molecular formula is C11H24ClN3O2S. The van der Waals surface area contributed by atoms with Gasteiger partial charge >= 0.3 is 0 Å². The lowest BCUT2D eigenvalue weighted by atomic mass is 9.99. The molecule has 0 aliphatic carbocycles. The number of piperazine rings is 1. The number of hydrogen-bond donors (Lipinski definition) is 1. The van der Waals surface area contributed by atoms with Crippen LogP contribution in [0.15, 0.2) is 0 Å². The molecule has 0 bridgehead atoms. The van der Waals surface area contributed by atoms with Crippen LogP contribution in [0.25, 0.3) is 0 Å². The Kier molecular flexibility index (Phi) is 6.34. The van der Waals surface area contributed by atoms with Crippen molar-refractivity contribution in [3.8, 4) is 0 Å². The van der Waals surface area contributed by atoms with Crippen LogP contribution in [-0.4, -0.2) is 69.7 Å². The van der Waals surface area contributed by atoms with Crippen molar-refractivity contribution >= 4 is 22.4 Å². The van der Waals surface area contributed by atoms with Gasteiger partial charge in [-0.3, -0.25) is 0 Å². The zero-order chi connectivity index (χ0) is 12.3. The fraction of sp³-hybridized carbons (Fsp3) is 1.00. The highest BCUT2D eigenvalue weighted by atomic mass is 35.5. The van der Waals surface area contributed by atoms with E-state index in [1.807, 2.05) is 0 Å². The van der Waals surface area contributed by atoms with Crippen molar-refractivity contribution in [2.24, 2.45) is 5.92 Å². The van der Waals surface area contributed by atoms with Crippen LogP contribution in [0.2, 0.25) is 0 Å². The van der Waals surface area contributed by atoms with Gasteiger partial charge in [0.2, 0.25) is 10.0 Å². The molecule has 0 aromatic carbocycles. The normalized spacial score (nSPS) is 27.7. The van der Waals surface area contributed by atoms with E-state index in [2.05, 4.69) is 10.2 Å². The SMILES string of the molecule is CS(=O)(=O)N1CCN(CC2CCCNC2)CC1.Cl. The van der Waals surface area contributed by atoms with Gasteiger partial charge in [0.25, 0.3) is 0 Å². The summed E-state index contributed by atoms with van der Waals surface area (Å²) in [6.07, 6.45) is 3.88. The first-order valence-corrected chi connectivity index (χ1v) is 8.29. The lowest BCUT2D eigenvalue weighted by Gasteiger charge is -2.36. The van der Waals surface area contributed by atoms with Crippen molar-refractivity contribution in [2.75, 3.05) is 52.1 Å². The molecule has 0 radical (unpaired) electrons. The minimum Gasteiger partial charge on any atom is -0.316 e. The van der Waals surface area contributed by atoms with E-state index in [-0.39, 0.29) is 12.4 Å². The molecule has 2 aliphatic heterocycles. The van der Waals surface area contributed by atoms with Crippen LogP contribution < -0.4 is 5.32 Å². The Hall–Kier alpha value is 0.120. The molecule has 18 heavy (non-hydrogen) atoms. The van der Waals surface area contributed by atoms with E-state index in [0.717, 1.165) is 38.6 Å². The molecule has 0 amide bonds. The number of nitrogens with zero attached hydrogens (tertiary/aromatic N) is 2. The molecule has 0 aromatic heterocycles. The van der Waals surface area contributed by atoms with Gasteiger partial charge in [-0.1, -0.05) is 0 Å². The van der Waals surface area contributed by atoms with Crippen LogP contribution in [0.5, 0.6) is 0 Å². The maximum Gasteiger partial charge on any atom is 0.211 e. The summed E-state index contributed by atoms with van der Waals surface area (Å²) < 4.78 is 24.3. The molecule has 108 valence electrons. The van der Waals surface area contributed by atoms with Gasteiger partial charge in [0, 0.05) is 32.7 Å². The zero-order valence-corrected chi connectivity index (χ0v) is 12.6. The first kappa shape index (κ1) is 16.2. The van der Waals surface area contributed by atoms with Crippen molar-refractivity contribution in [1.29, 1.82) is 0 Å². The minimum absolute atomic E-state index is 0. The Morgan fingerprint density at radius 1 is 1.22 bits per heavy atom. The number of halogens is 1. The van der Waals surface area contributed by atoms with Crippen molar-refractivity contribution in [3.05, 3.63) is 0 Å². The maximum atomic E-state index is 11.4. The second kappa shape index (κ2) is 7.05. The molecule has 2 saturated heterocycles. The van der Waals surface area contributed by atoms with Crippen molar-refractivity contribution < 1.29 is 8.42 Å². The maximum absolute atomic E-state index is 11.4. The third-order valence-corrected chi connectivity index (χ3v) is 5.02. The summed E-state index contributed by atoms with van der Waals surface area (Å²) in [4.78, 5) is 2.40. The first-order chi connectivity index (χ1) is 8.05. The van der Waals surface area contributed by atoms with Gasteiger partial charge in [-0.25, -0.2) is 8.42 Å². The molecule has 1 atom stereocenters. The van der Waals surface area contributed by atoms with Gasteiger partial charge in [-0.15, -0.1) is 12.4 Å². The van der Waals surface area contributed by atoms with E-state index in [1.54, 1.807) is 4.31 Å². The van der Waals surface area contributed by atoms with Gasteiger partial charge < -0.3 is 10.2 Å². The third kappa shape index (κ3) is 4.66. The van der Waals surface area contributed by atoms with Crippen molar-refractivity contribution in [2.45, 2.75) is 12.8 Å². The topological polar surface area (TPSA) is 52.7 Å². The highest BCUT2D eigenvalue weighted by Gasteiger charge is 2.25. The summed E-state index contributed by atoms with van der Waals surface area (Å²) >= 11 is 0. The van der Waals surface area contributed by atoms with E-state index < -0.39 is 10.0 Å². The Labute approximate surface area is 116 Å². The Bertz CT molecular complexity index is 336. The third-order valence-electron chi connectivity index (χ3n) is 3.72. The molecule has 0 aromatic rings. The van der Waals surface area contributed by atoms with Crippen LogP contribution in [0.1, 0.15) is 12.8 Å². The molecule has 2 rings (SSSR count). The lowest BCUT2D eigenvalue weighted by molar-refractivity contribution is 0.154. The summed E-state index contributed by atoms with van der Waals surface area (Å²) in [5, 5.41) is 3.42. The largest absolute Gasteiger partial charge is 0.316 e. The van der Waals surface area contributed by atoms with E-state index in [0.29, 0.717) is 13.1 Å². The summed E-state index contributed by atoms with van der Waals surface area (Å²) in [5.74, 6) is 0.744. The number of rotatable bonds is 3. The fourth-order valence-corrected chi connectivity index (χ4v) is 3.52. The number of piperidine rings is 1. The summed E-state index contributed by atoms with van der Waals surface area (Å²) in [7, 11) is -2.99. The average molecular weight is 298 g/mol. The van der Waals surface area contributed by atoms with Gasteiger partial charge in [0.1, 0.15) is 0 Å². The van der Waals surface area contributed by atoms with Crippen LogP contribution >= 0.6 is 12.4 Å². The predicted octanol–water partition coefficient (Wildman–Crippen LogP) is -0.0150. The zero-order valence-electron chi connectivity index (χ0n) is 11.0. The molecule has 0 spiro atoms. The summed E-state index contributed by atoms with van der Waals surface area (Å²) in [5.41, 5.74) is 0. The minimum atomic E-state index is -2.99. The average Bonchev–Trinajstić information content (AvgIpc) is 2.30. The molecular weight excluding hydrogens is 274 g/mol. The van der Waals surface area contributed by atoms with E-state index >= 15 is 0 Å². The van der Waals surface area contributed by atoms with E-state index in [4.69, 9.17) is 0 Å². The molecule has 1 N–H and O–H groups in total. The molecule has 2 heterocycles. The van der Waals surface area contributed by atoms with Gasteiger partial charge in [0.05, 0.1) is 6.26 Å².